The van der Waals surface area contributed by atoms with Crippen LogP contribution in [0.5, 0.6) is 0 Å². The van der Waals surface area contributed by atoms with Gasteiger partial charge in [0.15, 0.2) is 12.1 Å². The molecule has 3 heterocycles. The zero-order valence-corrected chi connectivity index (χ0v) is 19.6. The molecule has 35 heavy (non-hydrogen) atoms. The van der Waals surface area contributed by atoms with E-state index in [4.69, 9.17) is 4.74 Å². The molecule has 2 unspecified atom stereocenters. The van der Waals surface area contributed by atoms with Gasteiger partial charge in [0.25, 0.3) is 0 Å². The lowest BCUT2D eigenvalue weighted by Gasteiger charge is -2.51. The summed E-state index contributed by atoms with van der Waals surface area (Å²) in [5.41, 5.74) is 2.00. The molecule has 0 saturated carbocycles. The molecule has 2 atom stereocenters. The Morgan fingerprint density at radius 3 is 2.31 bits per heavy atom. The van der Waals surface area contributed by atoms with Crippen molar-refractivity contribution in [3.05, 3.63) is 102 Å². The Morgan fingerprint density at radius 1 is 0.943 bits per heavy atom. The topological polar surface area (TPSA) is 55.4 Å². The van der Waals surface area contributed by atoms with Gasteiger partial charge in [-0.1, -0.05) is 66.7 Å². The van der Waals surface area contributed by atoms with Crippen molar-refractivity contribution in [1.82, 2.24) is 0 Å². The number of carbonyl (C=O) groups excluding carboxylic acids is 2. The molecule has 2 bridgehead atoms. The maximum Gasteiger partial charge on any atom is 0.333 e. The monoisotopic (exact) mass is 473 g/mol. The van der Waals surface area contributed by atoms with Gasteiger partial charge in [0, 0.05) is 30.0 Å². The Hall–Kier alpha value is -3.51. The number of nitrogens with zero attached hydrogens (tertiary/aromatic N) is 1. The first-order valence-corrected chi connectivity index (χ1v) is 12.2. The van der Waals surface area contributed by atoms with Crippen LogP contribution in [0.4, 0.5) is 10.1 Å². The molecule has 6 rings (SSSR count). The molecule has 3 aliphatic heterocycles. The number of ether oxygens (including phenoxy) is 1. The smallest absolute Gasteiger partial charge is 0.333 e. The lowest BCUT2D eigenvalue weighted by molar-refractivity contribution is -0.938. The molecule has 5 nitrogen and oxygen atoms in total. The molecule has 6 heteroatoms. The molecular weight excluding hydrogens is 443 g/mol. The van der Waals surface area contributed by atoms with Gasteiger partial charge in [0.05, 0.1) is 13.1 Å². The summed E-state index contributed by atoms with van der Waals surface area (Å²) in [6.45, 7) is 2.94. The van der Waals surface area contributed by atoms with Crippen LogP contribution in [0.15, 0.2) is 84.9 Å². The van der Waals surface area contributed by atoms with Gasteiger partial charge in [-0.15, -0.1) is 0 Å². The number of anilines is 1. The second-order valence-corrected chi connectivity index (χ2v) is 9.73. The highest BCUT2D eigenvalue weighted by atomic mass is 19.1. The molecule has 0 aliphatic carbocycles. The molecule has 3 fully saturated rings. The third kappa shape index (κ3) is 5.28. The molecular formula is C29H30FN2O3+. The number of hydrogen-bond donors (Lipinski definition) is 1. The first kappa shape index (κ1) is 23.2. The molecule has 1 N–H and O–H groups in total. The number of Topliss-reactive ketones (excluding diaryl/α,β-unsaturated/α-hetero) is 1. The zero-order valence-electron chi connectivity index (χ0n) is 19.6. The van der Waals surface area contributed by atoms with Crippen molar-refractivity contribution in [3.63, 3.8) is 0 Å². The maximum atomic E-state index is 13.8. The van der Waals surface area contributed by atoms with E-state index in [1.807, 2.05) is 60.7 Å². The highest BCUT2D eigenvalue weighted by Gasteiger charge is 2.49. The number of quaternary nitrogens is 1. The van der Waals surface area contributed by atoms with E-state index < -0.39 is 6.04 Å². The lowest BCUT2D eigenvalue weighted by atomic mass is 9.82. The molecule has 3 aliphatic rings. The van der Waals surface area contributed by atoms with E-state index in [1.165, 1.54) is 12.1 Å². The van der Waals surface area contributed by atoms with Gasteiger partial charge in [-0.05, 0) is 23.8 Å². The van der Waals surface area contributed by atoms with Crippen molar-refractivity contribution in [2.45, 2.75) is 25.0 Å². The van der Waals surface area contributed by atoms with E-state index in [0.29, 0.717) is 29.2 Å². The Labute approximate surface area is 205 Å². The minimum atomic E-state index is -0.757. The minimum Gasteiger partial charge on any atom is -0.454 e. The van der Waals surface area contributed by atoms with E-state index in [-0.39, 0.29) is 23.7 Å². The SMILES string of the molecule is O=C(C[N+]12CCC(CC1)C(OC(=O)C(Nc1cccc(F)c1)c1ccccc1)C2)c1ccccc1. The summed E-state index contributed by atoms with van der Waals surface area (Å²) in [5.74, 6) is -0.323. The summed E-state index contributed by atoms with van der Waals surface area (Å²) in [5, 5.41) is 3.16. The van der Waals surface area contributed by atoms with E-state index in [2.05, 4.69) is 5.32 Å². The van der Waals surface area contributed by atoms with Crippen molar-refractivity contribution in [1.29, 1.82) is 0 Å². The van der Waals surface area contributed by atoms with Crippen LogP contribution in [0.2, 0.25) is 0 Å². The Morgan fingerprint density at radius 2 is 1.63 bits per heavy atom. The van der Waals surface area contributed by atoms with E-state index in [0.717, 1.165) is 37.1 Å². The summed E-state index contributed by atoms with van der Waals surface area (Å²) in [6, 6.07) is 24.1. The van der Waals surface area contributed by atoms with Gasteiger partial charge in [0.1, 0.15) is 18.9 Å². The largest absolute Gasteiger partial charge is 0.454 e. The molecule has 3 aromatic rings. The third-order valence-electron chi connectivity index (χ3n) is 7.39. The fraction of sp³-hybridized carbons (Fsp3) is 0.310. The summed E-state index contributed by atoms with van der Waals surface area (Å²) in [4.78, 5) is 26.5. The summed E-state index contributed by atoms with van der Waals surface area (Å²) < 4.78 is 20.6. The fourth-order valence-corrected chi connectivity index (χ4v) is 5.48. The highest BCUT2D eigenvalue weighted by Crippen LogP contribution is 2.36. The number of nitrogens with one attached hydrogen (secondary N) is 1. The normalized spacial score (nSPS) is 23.9. The number of benzene rings is 3. The minimum absolute atomic E-state index is 0.131. The highest BCUT2D eigenvalue weighted by molar-refractivity contribution is 5.97. The summed E-state index contributed by atoms with van der Waals surface area (Å²) in [7, 11) is 0. The number of piperidine rings is 3. The number of ketones is 1. The van der Waals surface area contributed by atoms with Crippen LogP contribution in [-0.2, 0) is 9.53 Å². The van der Waals surface area contributed by atoms with Gasteiger partial charge >= 0.3 is 5.97 Å². The number of fused-ring (bicyclic) bond motifs is 3. The fourth-order valence-electron chi connectivity index (χ4n) is 5.48. The number of rotatable bonds is 8. The van der Waals surface area contributed by atoms with Crippen molar-refractivity contribution >= 4 is 17.4 Å². The second-order valence-electron chi connectivity index (χ2n) is 9.73. The number of carbonyl (C=O) groups is 2. The number of halogens is 1. The van der Waals surface area contributed by atoms with Crippen LogP contribution in [0.25, 0.3) is 0 Å². The molecule has 0 amide bonds. The van der Waals surface area contributed by atoms with Gasteiger partial charge in [0.2, 0.25) is 5.78 Å². The standard InChI is InChI=1S/C29H30FN2O3/c30-24-12-7-13-25(18-24)31-28(23-10-5-2-6-11-23)29(34)35-27-20-32(16-14-22(27)15-17-32)19-26(33)21-8-3-1-4-9-21/h1-13,18,22,27-28,31H,14-17,19-20H2/q+1. The summed E-state index contributed by atoms with van der Waals surface area (Å²) >= 11 is 0. The Kier molecular flexibility index (Phi) is 6.64. The van der Waals surface area contributed by atoms with Gasteiger partial charge in [-0.25, -0.2) is 9.18 Å². The molecule has 180 valence electrons. The number of hydrogen-bond acceptors (Lipinski definition) is 4. The van der Waals surface area contributed by atoms with Gasteiger partial charge in [-0.3, -0.25) is 4.79 Å². The van der Waals surface area contributed by atoms with Crippen molar-refractivity contribution in [2.24, 2.45) is 5.92 Å². The van der Waals surface area contributed by atoms with Crippen LogP contribution in [0.3, 0.4) is 0 Å². The zero-order chi connectivity index (χ0) is 24.3. The third-order valence-corrected chi connectivity index (χ3v) is 7.39. The maximum absolute atomic E-state index is 13.8. The van der Waals surface area contributed by atoms with Crippen molar-refractivity contribution in [3.8, 4) is 0 Å². The van der Waals surface area contributed by atoms with Crippen LogP contribution in [0, 0.1) is 11.7 Å². The average molecular weight is 474 g/mol. The van der Waals surface area contributed by atoms with E-state index >= 15 is 0 Å². The first-order chi connectivity index (χ1) is 17.0. The van der Waals surface area contributed by atoms with E-state index in [1.54, 1.807) is 12.1 Å². The van der Waals surface area contributed by atoms with Crippen LogP contribution in [-0.4, -0.2) is 48.5 Å². The first-order valence-electron chi connectivity index (χ1n) is 12.2. The molecule has 0 spiro atoms. The molecule has 0 radical (unpaired) electrons. The predicted molar refractivity (Wildman–Crippen MR) is 132 cm³/mol. The van der Waals surface area contributed by atoms with Crippen LogP contribution in [0.1, 0.15) is 34.8 Å². The van der Waals surface area contributed by atoms with Crippen molar-refractivity contribution in [2.75, 3.05) is 31.5 Å². The summed E-state index contributed by atoms with van der Waals surface area (Å²) in [6.07, 6.45) is 1.63. The van der Waals surface area contributed by atoms with Gasteiger partial charge in [-0.2, -0.15) is 0 Å². The lowest BCUT2D eigenvalue weighted by Crippen LogP contribution is -2.65. The molecule has 0 aromatic heterocycles. The quantitative estimate of drug-likeness (QED) is 0.284. The predicted octanol–water partition coefficient (Wildman–Crippen LogP) is 5.01. The van der Waals surface area contributed by atoms with Crippen LogP contribution >= 0.6 is 0 Å². The number of esters is 1. The molecule has 3 saturated heterocycles. The average Bonchev–Trinajstić information content (AvgIpc) is 2.89. The Bertz CT molecular complexity index is 1180. The van der Waals surface area contributed by atoms with Crippen LogP contribution < -0.4 is 5.32 Å². The van der Waals surface area contributed by atoms with Crippen molar-refractivity contribution < 1.29 is 23.2 Å². The van der Waals surface area contributed by atoms with E-state index in [9.17, 15) is 14.0 Å². The second kappa shape index (κ2) is 10.0. The molecule has 3 aromatic carbocycles. The Balaban J connectivity index is 1.32. The van der Waals surface area contributed by atoms with Gasteiger partial charge < -0.3 is 14.5 Å².